The fourth-order valence-electron chi connectivity index (χ4n) is 1.95. The van der Waals surface area contributed by atoms with E-state index >= 15 is 0 Å². The highest BCUT2D eigenvalue weighted by Crippen LogP contribution is 2.34. The molecule has 14 heavy (non-hydrogen) atoms. The third-order valence-electron chi connectivity index (χ3n) is 3.03. The summed E-state index contributed by atoms with van der Waals surface area (Å²) in [7, 11) is 0. The number of ketones is 1. The van der Waals surface area contributed by atoms with Crippen LogP contribution in [0.2, 0.25) is 0 Å². The Labute approximate surface area is 84.4 Å². The van der Waals surface area contributed by atoms with E-state index in [1.165, 1.54) is 0 Å². The molecule has 1 fully saturated rings. The van der Waals surface area contributed by atoms with E-state index < -0.39 is 6.10 Å². The zero-order valence-corrected chi connectivity index (χ0v) is 8.57. The molecule has 1 aliphatic rings. The molecule has 2 N–H and O–H groups in total. The van der Waals surface area contributed by atoms with Crippen LogP contribution in [0.25, 0.3) is 0 Å². The van der Waals surface area contributed by atoms with Crippen molar-refractivity contribution in [3.63, 3.8) is 0 Å². The maximum Gasteiger partial charge on any atom is 0.145 e. The van der Waals surface area contributed by atoms with Crippen LogP contribution in [0.3, 0.4) is 0 Å². The Morgan fingerprint density at radius 3 is 2.50 bits per heavy atom. The minimum absolute atomic E-state index is 0.0976. The Morgan fingerprint density at radius 2 is 2.07 bits per heavy atom. The second kappa shape index (κ2) is 4.71. The maximum absolute atomic E-state index is 11.6. The van der Waals surface area contributed by atoms with Crippen molar-refractivity contribution < 1.29 is 15.0 Å². The predicted octanol–water partition coefficient (Wildman–Crippen LogP) is 0.901. The fourth-order valence-corrected chi connectivity index (χ4v) is 1.95. The molecule has 0 saturated heterocycles. The van der Waals surface area contributed by atoms with E-state index in [0.717, 1.165) is 6.42 Å². The Kier molecular flexibility index (Phi) is 3.84. The first-order chi connectivity index (χ1) is 6.59. The zero-order valence-electron chi connectivity index (χ0n) is 8.57. The predicted molar refractivity (Wildman–Crippen MR) is 53.7 cm³/mol. The molecule has 0 aliphatic heterocycles. The topological polar surface area (TPSA) is 57.5 Å². The van der Waals surface area contributed by atoms with Gasteiger partial charge in [-0.15, -0.1) is 0 Å². The van der Waals surface area contributed by atoms with Crippen molar-refractivity contribution in [3.8, 4) is 0 Å². The van der Waals surface area contributed by atoms with Crippen molar-refractivity contribution in [1.29, 1.82) is 0 Å². The van der Waals surface area contributed by atoms with E-state index in [2.05, 4.69) is 6.58 Å². The van der Waals surface area contributed by atoms with E-state index in [1.54, 1.807) is 6.92 Å². The van der Waals surface area contributed by atoms with Gasteiger partial charge in [-0.1, -0.05) is 19.9 Å². The largest absolute Gasteiger partial charge is 0.396 e. The van der Waals surface area contributed by atoms with Crippen LogP contribution < -0.4 is 0 Å². The summed E-state index contributed by atoms with van der Waals surface area (Å²) in [5.74, 6) is -0.395. The standard InChI is InChI=1S/C11H18O3/c1-7-8(2)11(14)9(10(7)13)5-3-4-6-12/h8-10,12-13H,1,3-6H2,2H3. The van der Waals surface area contributed by atoms with Crippen LogP contribution in [0.4, 0.5) is 0 Å². The number of rotatable bonds is 4. The number of unbranched alkanes of at least 4 members (excludes halogenated alkanes) is 1. The van der Waals surface area contributed by atoms with Crippen LogP contribution >= 0.6 is 0 Å². The molecule has 3 heteroatoms. The van der Waals surface area contributed by atoms with Crippen LogP contribution in [-0.2, 0) is 4.79 Å². The number of carbonyl (C=O) groups excluding carboxylic acids is 1. The van der Waals surface area contributed by atoms with Gasteiger partial charge in [0, 0.05) is 18.4 Å². The summed E-state index contributed by atoms with van der Waals surface area (Å²) in [6.45, 7) is 5.66. The number of aliphatic hydroxyl groups excluding tert-OH is 2. The number of aliphatic hydroxyl groups is 2. The molecule has 3 atom stereocenters. The van der Waals surface area contributed by atoms with Crippen molar-refractivity contribution in [1.82, 2.24) is 0 Å². The Bertz CT molecular complexity index is 235. The number of hydrogen-bond acceptors (Lipinski definition) is 3. The maximum atomic E-state index is 11.6. The number of Topliss-reactive ketones (excluding diaryl/α,β-unsaturated/α-hetero) is 1. The van der Waals surface area contributed by atoms with Crippen molar-refractivity contribution >= 4 is 5.78 Å². The number of carbonyl (C=O) groups is 1. The normalized spacial score (nSPS) is 32.6. The molecule has 0 bridgehead atoms. The van der Waals surface area contributed by atoms with Crippen LogP contribution in [0.5, 0.6) is 0 Å². The molecule has 0 spiro atoms. The first-order valence-electron chi connectivity index (χ1n) is 5.11. The summed E-state index contributed by atoms with van der Waals surface area (Å²) in [4.78, 5) is 11.6. The smallest absolute Gasteiger partial charge is 0.145 e. The molecule has 0 aromatic heterocycles. The van der Waals surface area contributed by atoms with Crippen LogP contribution in [-0.4, -0.2) is 28.7 Å². The Morgan fingerprint density at radius 1 is 1.43 bits per heavy atom. The third-order valence-corrected chi connectivity index (χ3v) is 3.03. The molecular weight excluding hydrogens is 180 g/mol. The van der Waals surface area contributed by atoms with Crippen molar-refractivity contribution in [3.05, 3.63) is 12.2 Å². The van der Waals surface area contributed by atoms with Gasteiger partial charge >= 0.3 is 0 Å². The monoisotopic (exact) mass is 198 g/mol. The third kappa shape index (κ3) is 2.04. The van der Waals surface area contributed by atoms with Gasteiger partial charge in [-0.05, 0) is 18.4 Å². The first kappa shape index (κ1) is 11.4. The van der Waals surface area contributed by atoms with Gasteiger partial charge in [-0.25, -0.2) is 0 Å². The average molecular weight is 198 g/mol. The van der Waals surface area contributed by atoms with E-state index in [4.69, 9.17) is 5.11 Å². The molecule has 1 rings (SSSR count). The second-order valence-corrected chi connectivity index (χ2v) is 3.97. The van der Waals surface area contributed by atoms with Gasteiger partial charge < -0.3 is 10.2 Å². The summed E-state index contributed by atoms with van der Waals surface area (Å²) in [6.07, 6.45) is 1.46. The summed E-state index contributed by atoms with van der Waals surface area (Å²) in [5, 5.41) is 18.3. The fraction of sp³-hybridized carbons (Fsp3) is 0.727. The van der Waals surface area contributed by atoms with E-state index in [9.17, 15) is 9.90 Å². The quantitative estimate of drug-likeness (QED) is 0.521. The van der Waals surface area contributed by atoms with Gasteiger partial charge in [0.05, 0.1) is 6.10 Å². The van der Waals surface area contributed by atoms with Crippen molar-refractivity contribution in [2.45, 2.75) is 32.3 Å². The number of hydrogen-bond donors (Lipinski definition) is 2. The molecule has 3 unspecified atom stereocenters. The van der Waals surface area contributed by atoms with Gasteiger partial charge in [0.1, 0.15) is 5.78 Å². The van der Waals surface area contributed by atoms with Gasteiger partial charge in [-0.2, -0.15) is 0 Å². The van der Waals surface area contributed by atoms with Crippen molar-refractivity contribution in [2.24, 2.45) is 11.8 Å². The van der Waals surface area contributed by atoms with Gasteiger partial charge in [-0.3, -0.25) is 4.79 Å². The molecule has 0 heterocycles. The molecule has 0 aromatic rings. The summed E-state index contributed by atoms with van der Waals surface area (Å²) in [5.41, 5.74) is 0.643. The second-order valence-electron chi connectivity index (χ2n) is 3.97. The van der Waals surface area contributed by atoms with Crippen LogP contribution in [0.1, 0.15) is 26.2 Å². The highest BCUT2D eigenvalue weighted by atomic mass is 16.3. The van der Waals surface area contributed by atoms with Crippen LogP contribution in [0, 0.1) is 11.8 Å². The van der Waals surface area contributed by atoms with E-state index in [0.29, 0.717) is 18.4 Å². The Hall–Kier alpha value is -0.670. The van der Waals surface area contributed by atoms with Crippen LogP contribution in [0.15, 0.2) is 12.2 Å². The average Bonchev–Trinajstić information content (AvgIpc) is 2.35. The summed E-state index contributed by atoms with van der Waals surface area (Å²) < 4.78 is 0. The van der Waals surface area contributed by atoms with E-state index in [-0.39, 0.29) is 24.2 Å². The SMILES string of the molecule is C=C1C(C)C(=O)C(CCCCO)C1O. The highest BCUT2D eigenvalue weighted by molar-refractivity contribution is 5.90. The lowest BCUT2D eigenvalue weighted by Crippen LogP contribution is -2.20. The molecule has 3 nitrogen and oxygen atoms in total. The summed E-state index contributed by atoms with van der Waals surface area (Å²) >= 11 is 0. The van der Waals surface area contributed by atoms with E-state index in [1.807, 2.05) is 0 Å². The minimum atomic E-state index is -0.670. The van der Waals surface area contributed by atoms with Gasteiger partial charge in [0.15, 0.2) is 0 Å². The lowest BCUT2D eigenvalue weighted by Gasteiger charge is -2.12. The molecule has 0 aromatic carbocycles. The molecule has 0 radical (unpaired) electrons. The molecule has 1 aliphatic carbocycles. The lowest BCUT2D eigenvalue weighted by molar-refractivity contribution is -0.124. The lowest BCUT2D eigenvalue weighted by atomic mass is 9.96. The van der Waals surface area contributed by atoms with Crippen molar-refractivity contribution in [2.75, 3.05) is 6.61 Å². The molecule has 1 saturated carbocycles. The highest BCUT2D eigenvalue weighted by Gasteiger charge is 2.40. The zero-order chi connectivity index (χ0) is 10.7. The van der Waals surface area contributed by atoms with Gasteiger partial charge in [0.2, 0.25) is 0 Å². The molecule has 80 valence electrons. The molecule has 0 amide bonds. The Balaban J connectivity index is 2.52. The minimum Gasteiger partial charge on any atom is -0.396 e. The summed E-state index contributed by atoms with van der Waals surface area (Å²) in [6, 6.07) is 0. The van der Waals surface area contributed by atoms with Gasteiger partial charge in [0.25, 0.3) is 0 Å². The molecular formula is C11H18O3. The first-order valence-corrected chi connectivity index (χ1v) is 5.11.